The first-order chi connectivity index (χ1) is 7.59. The van der Waals surface area contributed by atoms with Crippen LogP contribution in [-0.4, -0.2) is 39.7 Å². The maximum atomic E-state index is 12.2. The average molecular weight is 222 g/mol. The molecule has 2 unspecified atom stereocenters. The molecule has 1 aliphatic heterocycles. The van der Waals surface area contributed by atoms with Gasteiger partial charge in [-0.15, -0.1) is 0 Å². The molecule has 88 valence electrons. The Hall–Kier alpha value is -1.29. The normalized spacial score (nSPS) is 25.8. The molecule has 1 fully saturated rings. The molecule has 2 rings (SSSR count). The molecule has 1 amide bonds. The van der Waals surface area contributed by atoms with E-state index in [1.165, 1.54) is 0 Å². The second kappa shape index (κ2) is 4.29. The number of carbonyl (C=O) groups is 1. The Morgan fingerprint density at radius 1 is 1.56 bits per heavy atom. The van der Waals surface area contributed by atoms with Crippen molar-refractivity contribution in [2.45, 2.75) is 19.4 Å². The molecule has 1 N–H and O–H groups in total. The summed E-state index contributed by atoms with van der Waals surface area (Å²) in [4.78, 5) is 14.0. The van der Waals surface area contributed by atoms with Crippen molar-refractivity contribution >= 4 is 5.91 Å². The molecule has 4 nitrogen and oxygen atoms in total. The first kappa shape index (κ1) is 11.2. The van der Waals surface area contributed by atoms with Gasteiger partial charge in [-0.25, -0.2) is 0 Å². The molecule has 0 radical (unpaired) electrons. The zero-order chi connectivity index (χ0) is 11.7. The Morgan fingerprint density at radius 2 is 2.31 bits per heavy atom. The number of likely N-dealkylation sites (tertiary alicyclic amines) is 1. The van der Waals surface area contributed by atoms with Crippen molar-refractivity contribution in [3.8, 4) is 0 Å². The van der Waals surface area contributed by atoms with Crippen molar-refractivity contribution < 1.29 is 9.90 Å². The second-order valence-electron chi connectivity index (χ2n) is 4.59. The van der Waals surface area contributed by atoms with Gasteiger partial charge in [0.1, 0.15) is 5.69 Å². The van der Waals surface area contributed by atoms with Crippen LogP contribution in [0.2, 0.25) is 0 Å². The number of carbonyl (C=O) groups excluding carboxylic acids is 1. The van der Waals surface area contributed by atoms with Gasteiger partial charge in [0.15, 0.2) is 0 Å². The highest BCUT2D eigenvalue weighted by Gasteiger charge is 2.28. The Labute approximate surface area is 95.5 Å². The van der Waals surface area contributed by atoms with E-state index in [4.69, 9.17) is 0 Å². The molecule has 4 heteroatoms. The number of aliphatic hydroxyl groups is 1. The van der Waals surface area contributed by atoms with Crippen LogP contribution in [0.4, 0.5) is 0 Å². The molecule has 2 heterocycles. The summed E-state index contributed by atoms with van der Waals surface area (Å²) in [6.45, 7) is 3.27. The highest BCUT2D eigenvalue weighted by Crippen LogP contribution is 2.18. The molecule has 0 aromatic carbocycles. The molecular weight excluding hydrogens is 204 g/mol. The maximum Gasteiger partial charge on any atom is 0.270 e. The molecule has 0 aliphatic carbocycles. The topological polar surface area (TPSA) is 45.5 Å². The summed E-state index contributed by atoms with van der Waals surface area (Å²) in [5, 5.41) is 9.62. The van der Waals surface area contributed by atoms with Crippen molar-refractivity contribution in [2.24, 2.45) is 13.0 Å². The SMILES string of the molecule is CC1CN(C(=O)c2cccn2C)CCC1O. The lowest BCUT2D eigenvalue weighted by Crippen LogP contribution is -2.45. The van der Waals surface area contributed by atoms with E-state index < -0.39 is 0 Å². The highest BCUT2D eigenvalue weighted by molar-refractivity contribution is 5.92. The second-order valence-corrected chi connectivity index (χ2v) is 4.59. The number of aryl methyl sites for hydroxylation is 1. The van der Waals surface area contributed by atoms with E-state index in [-0.39, 0.29) is 17.9 Å². The molecule has 0 spiro atoms. The van der Waals surface area contributed by atoms with E-state index in [0.717, 1.165) is 0 Å². The van der Waals surface area contributed by atoms with Crippen molar-refractivity contribution in [1.29, 1.82) is 0 Å². The summed E-state index contributed by atoms with van der Waals surface area (Å²) in [6.07, 6.45) is 2.28. The number of amides is 1. The molecule has 1 aromatic heterocycles. The third-order valence-corrected chi connectivity index (χ3v) is 3.31. The number of piperidine rings is 1. The summed E-state index contributed by atoms with van der Waals surface area (Å²) >= 11 is 0. The minimum atomic E-state index is -0.266. The predicted molar refractivity (Wildman–Crippen MR) is 61.1 cm³/mol. The Kier molecular flexibility index (Phi) is 3.01. The number of nitrogens with zero attached hydrogens (tertiary/aromatic N) is 2. The van der Waals surface area contributed by atoms with Gasteiger partial charge in [0, 0.05) is 26.3 Å². The minimum Gasteiger partial charge on any atom is -0.393 e. The number of aliphatic hydroxyl groups excluding tert-OH is 1. The fraction of sp³-hybridized carbons (Fsp3) is 0.583. The van der Waals surface area contributed by atoms with Crippen LogP contribution in [0, 0.1) is 5.92 Å². The van der Waals surface area contributed by atoms with Crippen molar-refractivity contribution in [3.05, 3.63) is 24.0 Å². The maximum absolute atomic E-state index is 12.2. The smallest absolute Gasteiger partial charge is 0.270 e. The van der Waals surface area contributed by atoms with Crippen LogP contribution in [0.25, 0.3) is 0 Å². The van der Waals surface area contributed by atoms with Gasteiger partial charge in [-0.05, 0) is 24.5 Å². The summed E-state index contributed by atoms with van der Waals surface area (Å²) in [6, 6.07) is 3.70. The van der Waals surface area contributed by atoms with Crippen LogP contribution >= 0.6 is 0 Å². The van der Waals surface area contributed by atoms with Crippen LogP contribution in [0.15, 0.2) is 18.3 Å². The van der Waals surface area contributed by atoms with Crippen LogP contribution in [0.1, 0.15) is 23.8 Å². The Morgan fingerprint density at radius 3 is 2.88 bits per heavy atom. The highest BCUT2D eigenvalue weighted by atomic mass is 16.3. The van der Waals surface area contributed by atoms with E-state index in [1.54, 1.807) is 0 Å². The van der Waals surface area contributed by atoms with Crippen molar-refractivity contribution in [3.63, 3.8) is 0 Å². The van der Waals surface area contributed by atoms with Crippen LogP contribution in [0.3, 0.4) is 0 Å². The van der Waals surface area contributed by atoms with E-state index in [9.17, 15) is 9.90 Å². The lowest BCUT2D eigenvalue weighted by molar-refractivity contribution is 0.0292. The van der Waals surface area contributed by atoms with Gasteiger partial charge in [0.2, 0.25) is 0 Å². The lowest BCUT2D eigenvalue weighted by atomic mass is 9.96. The van der Waals surface area contributed by atoms with Gasteiger partial charge in [0.05, 0.1) is 6.10 Å². The largest absolute Gasteiger partial charge is 0.393 e. The van der Waals surface area contributed by atoms with Crippen LogP contribution in [0.5, 0.6) is 0 Å². The van der Waals surface area contributed by atoms with Gasteiger partial charge in [-0.2, -0.15) is 0 Å². The fourth-order valence-corrected chi connectivity index (χ4v) is 2.16. The number of rotatable bonds is 1. The third-order valence-electron chi connectivity index (χ3n) is 3.31. The molecular formula is C12H18N2O2. The number of hydrogen-bond donors (Lipinski definition) is 1. The van der Waals surface area contributed by atoms with Gasteiger partial charge in [-0.1, -0.05) is 6.92 Å². The zero-order valence-electron chi connectivity index (χ0n) is 9.76. The first-order valence-corrected chi connectivity index (χ1v) is 5.68. The van der Waals surface area contributed by atoms with Crippen molar-refractivity contribution in [1.82, 2.24) is 9.47 Å². The average Bonchev–Trinajstić information content (AvgIpc) is 2.67. The lowest BCUT2D eigenvalue weighted by Gasteiger charge is -2.34. The zero-order valence-corrected chi connectivity index (χ0v) is 9.76. The molecule has 16 heavy (non-hydrogen) atoms. The molecule has 1 aliphatic rings. The van der Waals surface area contributed by atoms with E-state index >= 15 is 0 Å². The Balaban J connectivity index is 2.09. The summed E-state index contributed by atoms with van der Waals surface area (Å²) in [7, 11) is 1.87. The minimum absolute atomic E-state index is 0.0613. The fourth-order valence-electron chi connectivity index (χ4n) is 2.16. The van der Waals surface area contributed by atoms with Crippen LogP contribution in [-0.2, 0) is 7.05 Å². The standard InChI is InChI=1S/C12H18N2O2/c1-9-8-14(7-5-11(9)15)12(16)10-4-3-6-13(10)2/h3-4,6,9,11,15H,5,7-8H2,1-2H3. The van der Waals surface area contributed by atoms with E-state index in [2.05, 4.69) is 0 Å². The third kappa shape index (κ3) is 1.97. The van der Waals surface area contributed by atoms with Crippen molar-refractivity contribution in [2.75, 3.05) is 13.1 Å². The summed E-state index contributed by atoms with van der Waals surface area (Å²) < 4.78 is 1.83. The predicted octanol–water partition coefficient (Wildman–Crippen LogP) is 0.868. The molecule has 1 aromatic rings. The number of hydrogen-bond acceptors (Lipinski definition) is 2. The van der Waals surface area contributed by atoms with E-state index in [0.29, 0.717) is 25.2 Å². The van der Waals surface area contributed by atoms with Gasteiger partial charge in [0.25, 0.3) is 5.91 Å². The molecule has 2 atom stereocenters. The monoisotopic (exact) mass is 222 g/mol. The van der Waals surface area contributed by atoms with Gasteiger partial charge >= 0.3 is 0 Å². The van der Waals surface area contributed by atoms with E-state index in [1.807, 2.05) is 41.8 Å². The Bertz CT molecular complexity index is 386. The van der Waals surface area contributed by atoms with Gasteiger partial charge < -0.3 is 14.6 Å². The summed E-state index contributed by atoms with van der Waals surface area (Å²) in [5.74, 6) is 0.226. The number of aromatic nitrogens is 1. The molecule has 0 bridgehead atoms. The van der Waals surface area contributed by atoms with Crippen LogP contribution < -0.4 is 0 Å². The molecule has 0 saturated carbocycles. The van der Waals surface area contributed by atoms with Gasteiger partial charge in [-0.3, -0.25) is 4.79 Å². The summed E-state index contributed by atoms with van der Waals surface area (Å²) in [5.41, 5.74) is 0.712. The molecule has 1 saturated heterocycles. The first-order valence-electron chi connectivity index (χ1n) is 5.68. The quantitative estimate of drug-likeness (QED) is 0.766.